The van der Waals surface area contributed by atoms with Crippen molar-refractivity contribution >= 4 is 36.5 Å². The van der Waals surface area contributed by atoms with Gasteiger partial charge in [0.25, 0.3) is 0 Å². The van der Waals surface area contributed by atoms with E-state index in [2.05, 4.69) is 8.93 Å². The van der Waals surface area contributed by atoms with Crippen LogP contribution in [0.4, 0.5) is 0 Å². The molecule has 1 aliphatic heterocycles. The molecule has 1 saturated heterocycles. The summed E-state index contributed by atoms with van der Waals surface area (Å²) in [6, 6.07) is 0. The third-order valence-electron chi connectivity index (χ3n) is 2.97. The Kier molecular flexibility index (Phi) is 4.91. The van der Waals surface area contributed by atoms with Gasteiger partial charge in [-0.1, -0.05) is 16.4 Å². The van der Waals surface area contributed by atoms with E-state index in [4.69, 9.17) is 16.8 Å². The highest BCUT2D eigenvalue weighted by molar-refractivity contribution is 8.23. The molecule has 4 nitrogen and oxygen atoms in total. The van der Waals surface area contributed by atoms with Gasteiger partial charge in [-0.15, -0.1) is 0 Å². The first-order valence-corrected chi connectivity index (χ1v) is 7.67. The molecule has 1 aliphatic carbocycles. The fourth-order valence-electron chi connectivity index (χ4n) is 2.36. The van der Waals surface area contributed by atoms with E-state index in [1.54, 1.807) is 0 Å². The zero-order valence-electron chi connectivity index (χ0n) is 8.04. The van der Waals surface area contributed by atoms with E-state index >= 15 is 0 Å². The second-order valence-corrected chi connectivity index (χ2v) is 6.31. The standard InChI is InChI=1S/C8H11BO4P2.CH4/c9-15(14)13-7-2-6-4(5(7)3-10)1-8(11)12-6;/h3-7H,1-2,14H2;1H4. The van der Waals surface area contributed by atoms with Gasteiger partial charge in [0, 0.05) is 18.3 Å². The van der Waals surface area contributed by atoms with Crippen molar-refractivity contribution < 1.29 is 18.8 Å². The van der Waals surface area contributed by atoms with Gasteiger partial charge in [-0.3, -0.25) is 4.79 Å². The highest BCUT2D eigenvalue weighted by Gasteiger charge is 2.50. The van der Waals surface area contributed by atoms with Crippen LogP contribution in [0.3, 0.4) is 0 Å². The predicted octanol–water partition coefficient (Wildman–Crippen LogP) is 1.43. The quantitative estimate of drug-likeness (QED) is 0.333. The van der Waals surface area contributed by atoms with Gasteiger partial charge in [0.05, 0.1) is 12.5 Å². The lowest BCUT2D eigenvalue weighted by Crippen LogP contribution is -2.22. The summed E-state index contributed by atoms with van der Waals surface area (Å²) < 4.78 is 10.6. The first kappa shape index (κ1) is 14.1. The van der Waals surface area contributed by atoms with Crippen LogP contribution in [-0.4, -0.2) is 32.0 Å². The van der Waals surface area contributed by atoms with E-state index in [0.717, 1.165) is 6.29 Å². The molecular formula is C9H15BO4P2. The fourth-order valence-corrected chi connectivity index (χ4v) is 3.36. The Morgan fingerprint density at radius 2 is 2.31 bits per heavy atom. The number of hydrogen-bond donors (Lipinski definition) is 0. The molecule has 0 aromatic carbocycles. The van der Waals surface area contributed by atoms with Crippen molar-refractivity contribution in [3.05, 3.63) is 0 Å². The molecule has 0 spiro atoms. The lowest BCUT2D eigenvalue weighted by Gasteiger charge is -2.20. The molecule has 0 N–H and O–H groups in total. The molecule has 88 valence electrons. The van der Waals surface area contributed by atoms with Crippen molar-refractivity contribution in [2.24, 2.45) is 11.8 Å². The Bertz CT molecular complexity index is 287. The molecule has 0 bridgehead atoms. The highest BCUT2D eigenvalue weighted by atomic mass is 32.0. The Morgan fingerprint density at radius 3 is 2.88 bits per heavy atom. The molecular weight excluding hydrogens is 245 g/mol. The molecule has 0 aromatic heterocycles. The minimum Gasteiger partial charge on any atom is -0.462 e. The normalized spacial score (nSPS) is 38.4. The SMILES string of the molecule is C.[B]P(P)OC1CC2OC(=O)CC2C1C=O. The number of carbonyl (C=O) groups excluding carboxylic acids is 2. The largest absolute Gasteiger partial charge is 0.462 e. The molecule has 7 heteroatoms. The van der Waals surface area contributed by atoms with Gasteiger partial charge in [0.2, 0.25) is 0 Å². The monoisotopic (exact) mass is 260 g/mol. The average Bonchev–Trinajstić information content (AvgIpc) is 2.59. The van der Waals surface area contributed by atoms with Crippen molar-refractivity contribution in [1.82, 2.24) is 0 Å². The number of hydrogen-bond acceptors (Lipinski definition) is 4. The van der Waals surface area contributed by atoms with E-state index in [0.29, 0.717) is 12.8 Å². The van der Waals surface area contributed by atoms with Gasteiger partial charge < -0.3 is 14.1 Å². The molecule has 6 atom stereocenters. The Hall–Kier alpha value is 0.0249. The van der Waals surface area contributed by atoms with Crippen LogP contribution < -0.4 is 0 Å². The average molecular weight is 260 g/mol. The Labute approximate surface area is 100 Å². The van der Waals surface area contributed by atoms with Gasteiger partial charge in [0.15, 0.2) is 7.57 Å². The van der Waals surface area contributed by atoms with E-state index in [1.807, 2.05) is 0 Å². The summed E-state index contributed by atoms with van der Waals surface area (Å²) in [5, 5.41) is 0. The van der Waals surface area contributed by atoms with Gasteiger partial charge >= 0.3 is 5.97 Å². The molecule has 16 heavy (non-hydrogen) atoms. The Balaban J connectivity index is 0.00000128. The summed E-state index contributed by atoms with van der Waals surface area (Å²) in [5.41, 5.74) is 0. The first-order valence-electron chi connectivity index (χ1n) is 4.73. The number of rotatable bonds is 3. The number of fused-ring (bicyclic) bond motifs is 1. The summed E-state index contributed by atoms with van der Waals surface area (Å²) >= 11 is 0. The number of esters is 1. The molecule has 1 saturated carbocycles. The minimum atomic E-state index is -1.06. The molecule has 2 rings (SSSR count). The van der Waals surface area contributed by atoms with Crippen LogP contribution in [0.15, 0.2) is 0 Å². The summed E-state index contributed by atoms with van der Waals surface area (Å²) in [7, 11) is 6.88. The molecule has 2 aliphatic rings. The van der Waals surface area contributed by atoms with Crippen molar-refractivity contribution in [3.63, 3.8) is 0 Å². The lowest BCUT2D eigenvalue weighted by molar-refractivity contribution is -0.141. The third kappa shape index (κ3) is 2.64. The van der Waals surface area contributed by atoms with Gasteiger partial charge in [-0.2, -0.15) is 0 Å². The topological polar surface area (TPSA) is 52.6 Å². The highest BCUT2D eigenvalue weighted by Crippen LogP contribution is 2.49. The fraction of sp³-hybridized carbons (Fsp3) is 0.778. The number of ether oxygens (including phenoxy) is 1. The summed E-state index contributed by atoms with van der Waals surface area (Å²) in [6.07, 6.45) is 1.43. The maximum atomic E-state index is 11.0. The van der Waals surface area contributed by atoms with Crippen molar-refractivity contribution in [3.8, 4) is 0 Å². The van der Waals surface area contributed by atoms with Gasteiger partial charge in [-0.05, 0) is 7.72 Å². The molecule has 1 heterocycles. The van der Waals surface area contributed by atoms with Crippen LogP contribution in [0.25, 0.3) is 0 Å². The molecule has 0 amide bonds. The minimum absolute atomic E-state index is 0. The van der Waals surface area contributed by atoms with E-state index in [1.165, 1.54) is 0 Å². The van der Waals surface area contributed by atoms with Gasteiger partial charge in [0.1, 0.15) is 12.4 Å². The molecule has 2 fully saturated rings. The lowest BCUT2D eigenvalue weighted by atomic mass is 9.94. The molecule has 2 radical (unpaired) electrons. The Morgan fingerprint density at radius 1 is 1.62 bits per heavy atom. The van der Waals surface area contributed by atoms with E-state index < -0.39 is 7.72 Å². The van der Waals surface area contributed by atoms with Crippen LogP contribution >= 0.6 is 16.6 Å². The van der Waals surface area contributed by atoms with E-state index in [9.17, 15) is 9.59 Å². The second-order valence-electron chi connectivity index (χ2n) is 3.85. The molecule has 6 unspecified atom stereocenters. The zero-order chi connectivity index (χ0) is 11.0. The summed E-state index contributed by atoms with van der Waals surface area (Å²) in [5.74, 6) is -0.480. The first-order chi connectivity index (χ1) is 7.11. The summed E-state index contributed by atoms with van der Waals surface area (Å²) in [4.78, 5) is 22.0. The van der Waals surface area contributed by atoms with Crippen molar-refractivity contribution in [2.45, 2.75) is 32.5 Å². The van der Waals surface area contributed by atoms with Crippen LogP contribution in [0.1, 0.15) is 20.3 Å². The maximum absolute atomic E-state index is 11.0. The van der Waals surface area contributed by atoms with Crippen LogP contribution in [0, 0.1) is 11.8 Å². The second kappa shape index (κ2) is 5.57. The van der Waals surface area contributed by atoms with E-state index in [-0.39, 0.29) is 37.4 Å². The number of aldehydes is 1. The zero-order valence-corrected chi connectivity index (χ0v) is 10.1. The van der Waals surface area contributed by atoms with Crippen LogP contribution in [0.5, 0.6) is 0 Å². The smallest absolute Gasteiger partial charge is 0.306 e. The van der Waals surface area contributed by atoms with Crippen LogP contribution in [-0.2, 0) is 18.8 Å². The summed E-state index contributed by atoms with van der Waals surface area (Å²) in [6.45, 7) is 0. The van der Waals surface area contributed by atoms with Gasteiger partial charge in [-0.25, -0.2) is 0 Å². The third-order valence-corrected chi connectivity index (χ3v) is 3.84. The predicted molar refractivity (Wildman–Crippen MR) is 66.1 cm³/mol. The molecule has 0 aromatic rings. The van der Waals surface area contributed by atoms with Crippen molar-refractivity contribution in [2.75, 3.05) is 0 Å². The number of carbonyl (C=O) groups is 2. The maximum Gasteiger partial charge on any atom is 0.306 e. The van der Waals surface area contributed by atoms with Crippen LogP contribution in [0.2, 0.25) is 0 Å². The van der Waals surface area contributed by atoms with Crippen molar-refractivity contribution in [1.29, 1.82) is 0 Å².